The first-order valence-electron chi connectivity index (χ1n) is 8.90. The summed E-state index contributed by atoms with van der Waals surface area (Å²) in [5.41, 5.74) is 6.97. The van der Waals surface area contributed by atoms with Crippen molar-refractivity contribution in [2.45, 2.75) is 39.0 Å². The van der Waals surface area contributed by atoms with Crippen molar-refractivity contribution >= 4 is 5.57 Å². The lowest BCUT2D eigenvalue weighted by molar-refractivity contribution is 0.636. The maximum Gasteiger partial charge on any atom is 0.0785 e. The molecule has 0 bridgehead atoms. The molecule has 2 aromatic rings. The Kier molecular flexibility index (Phi) is 6.36. The van der Waals surface area contributed by atoms with Gasteiger partial charge in [-0.25, -0.2) is 0 Å². The molecule has 0 heterocycles. The van der Waals surface area contributed by atoms with Gasteiger partial charge in [0, 0.05) is 0 Å². The van der Waals surface area contributed by atoms with E-state index in [9.17, 15) is 4.39 Å². The molecule has 0 nitrogen and oxygen atoms in total. The highest BCUT2D eigenvalue weighted by atomic mass is 19.1. The molecule has 1 aliphatic carbocycles. The number of hydrogen-bond acceptors (Lipinski definition) is 0. The smallest absolute Gasteiger partial charge is 0.0785 e. The second-order valence-corrected chi connectivity index (χ2v) is 7.13. The monoisotopic (exact) mass is 336 g/mol. The molecule has 2 unspecified atom stereocenters. The van der Waals surface area contributed by atoms with E-state index in [1.807, 2.05) is 0 Å². The zero-order valence-electron chi connectivity index (χ0n) is 15.9. The Bertz CT molecular complexity index is 756. The molecule has 1 saturated carbocycles. The predicted octanol–water partition coefficient (Wildman–Crippen LogP) is 6.69. The largest absolute Gasteiger partial charge is 0.255 e. The van der Waals surface area contributed by atoms with Gasteiger partial charge in [-0.2, -0.15) is 0 Å². The summed E-state index contributed by atoms with van der Waals surface area (Å²) >= 11 is 0. The Hall–Kier alpha value is -2.15. The molecule has 0 radical (unpaired) electrons. The summed E-state index contributed by atoms with van der Waals surface area (Å²) in [7, 11) is 0.500. The molecule has 0 N–H and O–H groups in total. The molecule has 132 valence electrons. The van der Waals surface area contributed by atoms with Gasteiger partial charge in [0.15, 0.2) is 0 Å². The zero-order valence-corrected chi connectivity index (χ0v) is 15.9. The third-order valence-electron chi connectivity index (χ3n) is 5.44. The molecule has 1 aliphatic rings. The van der Waals surface area contributed by atoms with Crippen LogP contribution in [0.4, 0.5) is 4.39 Å². The van der Waals surface area contributed by atoms with Gasteiger partial charge < -0.3 is 0 Å². The fourth-order valence-corrected chi connectivity index (χ4v) is 3.56. The molecule has 1 heteroatoms. The average molecular weight is 336 g/mol. The van der Waals surface area contributed by atoms with Crippen LogP contribution in [-0.4, -0.2) is 7.18 Å². The van der Waals surface area contributed by atoms with Gasteiger partial charge in [0.05, 0.1) is 7.18 Å². The number of aryl methyl sites for hydroxylation is 1. The molecule has 2 aromatic carbocycles. The summed E-state index contributed by atoms with van der Waals surface area (Å²) in [6, 6.07) is 17.3. The third-order valence-corrected chi connectivity index (χ3v) is 5.44. The Balaban J connectivity index is 0.00000109. The maximum atomic E-state index is 9.50. The lowest BCUT2D eigenvalue weighted by Crippen LogP contribution is -2.06. The van der Waals surface area contributed by atoms with Gasteiger partial charge in [-0.3, -0.25) is 4.39 Å². The van der Waals surface area contributed by atoms with Crippen LogP contribution in [0.3, 0.4) is 0 Å². The maximum absolute atomic E-state index is 9.50. The van der Waals surface area contributed by atoms with Crippen molar-refractivity contribution in [1.29, 1.82) is 0 Å². The molecule has 1 fully saturated rings. The SMILES string of the molecule is C=C(/C=C\Cc1ccccc1C1(C)CC1C)c1ccccc1C.CF. The lowest BCUT2D eigenvalue weighted by atomic mass is 9.89. The number of alkyl halides is 1. The molecular formula is C24H29F. The van der Waals surface area contributed by atoms with Crippen LogP contribution >= 0.6 is 0 Å². The van der Waals surface area contributed by atoms with Crippen LogP contribution in [0.15, 0.2) is 67.3 Å². The summed E-state index contributed by atoms with van der Waals surface area (Å²) < 4.78 is 9.50. The Morgan fingerprint density at radius 2 is 1.76 bits per heavy atom. The summed E-state index contributed by atoms with van der Waals surface area (Å²) in [6.45, 7) is 11.1. The molecule has 0 amide bonds. The fraction of sp³-hybridized carbons (Fsp3) is 0.333. The van der Waals surface area contributed by atoms with Crippen molar-refractivity contribution in [1.82, 2.24) is 0 Å². The molecule has 2 atom stereocenters. The van der Waals surface area contributed by atoms with Gasteiger partial charge in [0.2, 0.25) is 0 Å². The van der Waals surface area contributed by atoms with E-state index in [0.29, 0.717) is 12.6 Å². The minimum atomic E-state index is 0.386. The molecule has 0 saturated heterocycles. The highest BCUT2D eigenvalue weighted by Gasteiger charge is 2.48. The van der Waals surface area contributed by atoms with Crippen molar-refractivity contribution in [2.75, 3.05) is 7.18 Å². The van der Waals surface area contributed by atoms with Crippen LogP contribution in [-0.2, 0) is 11.8 Å². The van der Waals surface area contributed by atoms with Crippen molar-refractivity contribution in [3.63, 3.8) is 0 Å². The summed E-state index contributed by atoms with van der Waals surface area (Å²) in [5, 5.41) is 0. The van der Waals surface area contributed by atoms with Crippen LogP contribution in [0.5, 0.6) is 0 Å². The van der Waals surface area contributed by atoms with E-state index in [-0.39, 0.29) is 0 Å². The van der Waals surface area contributed by atoms with Gasteiger partial charge in [-0.15, -0.1) is 0 Å². The average Bonchev–Trinajstić information content (AvgIpc) is 3.25. The van der Waals surface area contributed by atoms with E-state index < -0.39 is 0 Å². The predicted molar refractivity (Wildman–Crippen MR) is 108 cm³/mol. The molecule has 3 rings (SSSR count). The first kappa shape index (κ1) is 19.2. The Labute approximate surface area is 152 Å². The first-order valence-corrected chi connectivity index (χ1v) is 8.90. The van der Waals surface area contributed by atoms with Crippen molar-refractivity contribution < 1.29 is 4.39 Å². The van der Waals surface area contributed by atoms with Gasteiger partial charge in [-0.05, 0) is 58.9 Å². The van der Waals surface area contributed by atoms with E-state index in [2.05, 4.69) is 88.0 Å². The number of rotatable bonds is 5. The molecule has 0 aromatic heterocycles. The number of allylic oxidation sites excluding steroid dienone is 3. The summed E-state index contributed by atoms with van der Waals surface area (Å²) in [5.74, 6) is 0.801. The third kappa shape index (κ3) is 4.28. The Morgan fingerprint density at radius 3 is 2.40 bits per heavy atom. The minimum Gasteiger partial charge on any atom is -0.255 e. The van der Waals surface area contributed by atoms with E-state index in [0.717, 1.165) is 17.9 Å². The Morgan fingerprint density at radius 1 is 1.16 bits per heavy atom. The zero-order chi connectivity index (χ0) is 18.4. The minimum absolute atomic E-state index is 0.386. The second-order valence-electron chi connectivity index (χ2n) is 7.13. The van der Waals surface area contributed by atoms with Crippen LogP contribution in [0.2, 0.25) is 0 Å². The molecule has 0 aliphatic heterocycles. The van der Waals surface area contributed by atoms with Crippen molar-refractivity contribution in [3.05, 3.63) is 89.5 Å². The summed E-state index contributed by atoms with van der Waals surface area (Å²) in [4.78, 5) is 0. The van der Waals surface area contributed by atoms with E-state index in [1.165, 1.54) is 28.7 Å². The normalized spacial score (nSPS) is 21.6. The van der Waals surface area contributed by atoms with E-state index in [4.69, 9.17) is 0 Å². The number of benzene rings is 2. The van der Waals surface area contributed by atoms with Crippen molar-refractivity contribution in [3.8, 4) is 0 Å². The highest BCUT2D eigenvalue weighted by molar-refractivity contribution is 5.74. The van der Waals surface area contributed by atoms with Gasteiger partial charge >= 0.3 is 0 Å². The molecular weight excluding hydrogens is 307 g/mol. The lowest BCUT2D eigenvalue weighted by Gasteiger charge is -2.15. The van der Waals surface area contributed by atoms with Crippen LogP contribution in [0, 0.1) is 12.8 Å². The number of halogens is 1. The second kappa shape index (κ2) is 8.29. The van der Waals surface area contributed by atoms with Crippen LogP contribution in [0.25, 0.3) is 5.57 Å². The van der Waals surface area contributed by atoms with Crippen LogP contribution in [0.1, 0.15) is 42.5 Å². The van der Waals surface area contributed by atoms with Gasteiger partial charge in [0.25, 0.3) is 0 Å². The highest BCUT2D eigenvalue weighted by Crippen LogP contribution is 2.54. The molecule has 0 spiro atoms. The van der Waals surface area contributed by atoms with Crippen molar-refractivity contribution in [2.24, 2.45) is 5.92 Å². The topological polar surface area (TPSA) is 0 Å². The standard InChI is InChI=1S/C23H26.CH3F/c1-17-10-5-7-14-21(17)18(2)11-9-13-20-12-6-8-15-22(20)23(4)16-19(23)3;1-2/h5-12,14-15,19H,2,13,16H2,1,3-4H3;1H3/b11-9-;. The first-order chi connectivity index (χ1) is 12.0. The van der Waals surface area contributed by atoms with Gasteiger partial charge in [0.1, 0.15) is 0 Å². The van der Waals surface area contributed by atoms with Crippen LogP contribution < -0.4 is 0 Å². The van der Waals surface area contributed by atoms with E-state index in [1.54, 1.807) is 0 Å². The van der Waals surface area contributed by atoms with E-state index >= 15 is 0 Å². The fourth-order valence-electron chi connectivity index (χ4n) is 3.56. The molecule has 25 heavy (non-hydrogen) atoms. The number of hydrogen-bond donors (Lipinski definition) is 0. The quantitative estimate of drug-likeness (QED) is 0.534. The summed E-state index contributed by atoms with van der Waals surface area (Å²) in [6.07, 6.45) is 6.70. The van der Waals surface area contributed by atoms with Gasteiger partial charge in [-0.1, -0.05) is 81.1 Å².